The zero-order valence-corrected chi connectivity index (χ0v) is 14.2. The Morgan fingerprint density at radius 3 is 2.67 bits per heavy atom. The van der Waals surface area contributed by atoms with Gasteiger partial charge in [-0.1, -0.05) is 12.1 Å². The van der Waals surface area contributed by atoms with Gasteiger partial charge in [0.25, 0.3) is 0 Å². The van der Waals surface area contributed by atoms with Crippen LogP contribution in [0.5, 0.6) is 5.75 Å². The van der Waals surface area contributed by atoms with Crippen LogP contribution in [0, 0.1) is 0 Å². The summed E-state index contributed by atoms with van der Waals surface area (Å²) in [5, 5.41) is 7.46. The van der Waals surface area contributed by atoms with Crippen molar-refractivity contribution in [2.75, 3.05) is 18.0 Å². The van der Waals surface area contributed by atoms with E-state index in [4.69, 9.17) is 4.74 Å². The summed E-state index contributed by atoms with van der Waals surface area (Å²) in [5.41, 5.74) is 2.32. The van der Waals surface area contributed by atoms with E-state index in [0.29, 0.717) is 34.6 Å². The molecule has 0 aliphatic carbocycles. The van der Waals surface area contributed by atoms with Crippen LogP contribution in [-0.2, 0) is 15.8 Å². The van der Waals surface area contributed by atoms with E-state index >= 15 is 0 Å². The quantitative estimate of drug-likeness (QED) is 0.681. The fourth-order valence-corrected chi connectivity index (χ4v) is 4.10. The van der Waals surface area contributed by atoms with Crippen LogP contribution in [0.15, 0.2) is 47.1 Å². The first-order valence-electron chi connectivity index (χ1n) is 7.39. The minimum absolute atomic E-state index is 0.138. The molecule has 0 aliphatic heterocycles. The molecule has 3 rings (SSSR count). The summed E-state index contributed by atoms with van der Waals surface area (Å²) in [6, 6.07) is 12.1. The van der Waals surface area contributed by atoms with Crippen LogP contribution in [0.3, 0.4) is 0 Å². The Balaban J connectivity index is 1.91. The average Bonchev–Trinajstić information content (AvgIpc) is 3.02. The SMILES string of the molecule is CCN(c1cccc(OC)c1)S(=O)(=O)Cc1ccc2nonc2c1. The van der Waals surface area contributed by atoms with Crippen molar-refractivity contribution >= 4 is 26.7 Å². The van der Waals surface area contributed by atoms with Crippen LogP contribution in [0.4, 0.5) is 5.69 Å². The molecule has 0 unspecified atom stereocenters. The highest BCUT2D eigenvalue weighted by Crippen LogP contribution is 2.25. The normalized spacial score (nSPS) is 11.6. The van der Waals surface area contributed by atoms with Gasteiger partial charge in [0, 0.05) is 12.6 Å². The van der Waals surface area contributed by atoms with Gasteiger partial charge in [-0.05, 0) is 47.1 Å². The van der Waals surface area contributed by atoms with Gasteiger partial charge in [0.2, 0.25) is 10.0 Å². The van der Waals surface area contributed by atoms with E-state index in [9.17, 15) is 8.42 Å². The van der Waals surface area contributed by atoms with E-state index in [1.807, 2.05) is 0 Å². The molecule has 0 radical (unpaired) electrons. The van der Waals surface area contributed by atoms with Crippen molar-refractivity contribution in [1.29, 1.82) is 0 Å². The molecule has 0 amide bonds. The number of nitrogens with zero attached hydrogens (tertiary/aromatic N) is 3. The number of sulfonamides is 1. The van der Waals surface area contributed by atoms with Gasteiger partial charge in [0.05, 0.1) is 18.6 Å². The number of rotatable bonds is 6. The Morgan fingerprint density at radius 2 is 1.92 bits per heavy atom. The van der Waals surface area contributed by atoms with E-state index < -0.39 is 10.0 Å². The van der Waals surface area contributed by atoms with E-state index in [2.05, 4.69) is 14.9 Å². The van der Waals surface area contributed by atoms with Gasteiger partial charge in [-0.25, -0.2) is 13.0 Å². The molecule has 126 valence electrons. The van der Waals surface area contributed by atoms with Crippen LogP contribution < -0.4 is 9.04 Å². The van der Waals surface area contributed by atoms with Crippen LogP contribution in [0.1, 0.15) is 12.5 Å². The van der Waals surface area contributed by atoms with E-state index in [1.54, 1.807) is 56.5 Å². The van der Waals surface area contributed by atoms with Gasteiger partial charge in [-0.3, -0.25) is 4.31 Å². The van der Waals surface area contributed by atoms with Crippen LogP contribution >= 0.6 is 0 Å². The first-order chi connectivity index (χ1) is 11.5. The maximum atomic E-state index is 12.8. The van der Waals surface area contributed by atoms with Crippen molar-refractivity contribution in [3.05, 3.63) is 48.0 Å². The second-order valence-electron chi connectivity index (χ2n) is 5.21. The molecule has 0 fully saturated rings. The van der Waals surface area contributed by atoms with Gasteiger partial charge >= 0.3 is 0 Å². The minimum atomic E-state index is -3.56. The highest BCUT2D eigenvalue weighted by molar-refractivity contribution is 7.92. The summed E-state index contributed by atoms with van der Waals surface area (Å²) in [6.45, 7) is 2.12. The van der Waals surface area contributed by atoms with Crippen molar-refractivity contribution in [1.82, 2.24) is 10.3 Å². The molecule has 0 aliphatic rings. The highest BCUT2D eigenvalue weighted by Gasteiger charge is 2.22. The molecular weight excluding hydrogens is 330 g/mol. The number of aromatic nitrogens is 2. The molecular formula is C16H17N3O4S. The molecule has 7 nitrogen and oxygen atoms in total. The largest absolute Gasteiger partial charge is 0.497 e. The number of fused-ring (bicyclic) bond motifs is 1. The first-order valence-corrected chi connectivity index (χ1v) is 9.00. The van der Waals surface area contributed by atoms with Crippen LogP contribution in [0.2, 0.25) is 0 Å². The number of hydrogen-bond acceptors (Lipinski definition) is 6. The third-order valence-corrected chi connectivity index (χ3v) is 5.47. The number of anilines is 1. The number of ether oxygens (including phenoxy) is 1. The predicted octanol–water partition coefficient (Wildman–Crippen LogP) is 2.59. The van der Waals surface area contributed by atoms with Gasteiger partial charge < -0.3 is 4.74 Å². The predicted molar refractivity (Wildman–Crippen MR) is 90.4 cm³/mol. The smallest absolute Gasteiger partial charge is 0.239 e. The van der Waals surface area contributed by atoms with Crippen molar-refractivity contribution in [3.8, 4) is 5.75 Å². The third kappa shape index (κ3) is 3.18. The lowest BCUT2D eigenvalue weighted by atomic mass is 10.2. The van der Waals surface area contributed by atoms with E-state index in [1.165, 1.54) is 4.31 Å². The summed E-state index contributed by atoms with van der Waals surface area (Å²) in [4.78, 5) is 0. The molecule has 0 saturated carbocycles. The summed E-state index contributed by atoms with van der Waals surface area (Å²) in [5.74, 6) is 0.470. The first kappa shape index (κ1) is 16.3. The molecule has 0 spiro atoms. The van der Waals surface area contributed by atoms with Crippen molar-refractivity contribution in [3.63, 3.8) is 0 Å². The molecule has 0 saturated heterocycles. The molecule has 0 N–H and O–H groups in total. The molecule has 3 aromatic rings. The lowest BCUT2D eigenvalue weighted by Crippen LogP contribution is -2.31. The Hall–Kier alpha value is -2.61. The number of benzene rings is 2. The molecule has 2 aromatic carbocycles. The summed E-state index contributed by atoms with van der Waals surface area (Å²) >= 11 is 0. The lowest BCUT2D eigenvalue weighted by molar-refractivity contribution is 0.315. The molecule has 0 atom stereocenters. The molecule has 0 bridgehead atoms. The van der Waals surface area contributed by atoms with Crippen molar-refractivity contribution in [2.24, 2.45) is 0 Å². The van der Waals surface area contributed by atoms with Gasteiger partial charge in [-0.2, -0.15) is 0 Å². The van der Waals surface area contributed by atoms with Crippen LogP contribution in [-0.4, -0.2) is 32.4 Å². The highest BCUT2D eigenvalue weighted by atomic mass is 32.2. The van der Waals surface area contributed by atoms with Gasteiger partial charge in [-0.15, -0.1) is 0 Å². The fourth-order valence-electron chi connectivity index (χ4n) is 2.51. The summed E-state index contributed by atoms with van der Waals surface area (Å²) in [6.07, 6.45) is 0. The minimum Gasteiger partial charge on any atom is -0.497 e. The Labute approximate surface area is 139 Å². The molecule has 8 heteroatoms. The standard InChI is InChI=1S/C16H17N3O4S/c1-3-19(13-5-4-6-14(10-13)22-2)24(20,21)11-12-7-8-15-16(9-12)18-23-17-15/h4-10H,3,11H2,1-2H3. The average molecular weight is 347 g/mol. The van der Waals surface area contributed by atoms with Gasteiger partial charge in [0.1, 0.15) is 16.8 Å². The second kappa shape index (κ2) is 6.48. The van der Waals surface area contributed by atoms with Crippen molar-refractivity contribution in [2.45, 2.75) is 12.7 Å². The molecule has 24 heavy (non-hydrogen) atoms. The zero-order chi connectivity index (χ0) is 17.2. The van der Waals surface area contributed by atoms with Gasteiger partial charge in [0.15, 0.2) is 0 Å². The van der Waals surface area contributed by atoms with Crippen LogP contribution in [0.25, 0.3) is 11.0 Å². The second-order valence-corrected chi connectivity index (χ2v) is 7.10. The van der Waals surface area contributed by atoms with Crippen molar-refractivity contribution < 1.29 is 17.8 Å². The fraction of sp³-hybridized carbons (Fsp3) is 0.250. The zero-order valence-electron chi connectivity index (χ0n) is 13.3. The maximum absolute atomic E-state index is 12.8. The number of methoxy groups -OCH3 is 1. The molecule has 1 aromatic heterocycles. The monoisotopic (exact) mass is 347 g/mol. The summed E-state index contributed by atoms with van der Waals surface area (Å²) in [7, 11) is -2.01. The Kier molecular flexibility index (Phi) is 4.39. The Bertz CT molecular complexity index is 953. The van der Waals surface area contributed by atoms with E-state index in [-0.39, 0.29) is 5.75 Å². The topological polar surface area (TPSA) is 85.5 Å². The molecule has 1 heterocycles. The lowest BCUT2D eigenvalue weighted by Gasteiger charge is -2.23. The Morgan fingerprint density at radius 1 is 1.12 bits per heavy atom. The third-order valence-electron chi connectivity index (χ3n) is 3.63. The maximum Gasteiger partial charge on any atom is 0.239 e. The summed E-state index contributed by atoms with van der Waals surface area (Å²) < 4.78 is 36.8. The number of hydrogen-bond donors (Lipinski definition) is 0. The van der Waals surface area contributed by atoms with E-state index in [0.717, 1.165) is 0 Å².